The molecule has 44 heavy (non-hydrogen) atoms. The molecule has 1 fully saturated rings. The van der Waals surface area contributed by atoms with Crippen molar-refractivity contribution < 1.29 is 59.7 Å². The minimum atomic E-state index is -5.08. The van der Waals surface area contributed by atoms with Crippen LogP contribution in [0.15, 0.2) is 48.7 Å². The van der Waals surface area contributed by atoms with Crippen molar-refractivity contribution in [2.75, 3.05) is 13.1 Å². The molecule has 3 N–H and O–H groups in total. The number of rotatable bonds is 5. The average molecular weight is 661 g/mol. The van der Waals surface area contributed by atoms with E-state index in [1.165, 1.54) is 0 Å². The Kier molecular flexibility index (Phi) is 12.1. The zero-order valence-corrected chi connectivity index (χ0v) is 23.4. The fourth-order valence-corrected chi connectivity index (χ4v) is 4.09. The van der Waals surface area contributed by atoms with Crippen LogP contribution in [0.3, 0.4) is 0 Å². The molecule has 0 saturated carbocycles. The number of aliphatic carboxylic acids is 2. The van der Waals surface area contributed by atoms with E-state index in [9.17, 15) is 39.9 Å². The minimum absolute atomic E-state index is 0.154. The molecule has 18 heteroatoms. The van der Waals surface area contributed by atoms with Gasteiger partial charge in [0.2, 0.25) is 0 Å². The summed E-state index contributed by atoms with van der Waals surface area (Å²) in [4.78, 5) is 37.3. The smallest absolute Gasteiger partial charge is 0.475 e. The highest BCUT2D eigenvalue weighted by Gasteiger charge is 2.39. The summed E-state index contributed by atoms with van der Waals surface area (Å²) in [5.41, 5.74) is 1.82. The summed E-state index contributed by atoms with van der Waals surface area (Å²) in [5.74, 6) is -7.75. The first-order chi connectivity index (χ1) is 20.2. The third-order valence-corrected chi connectivity index (χ3v) is 6.34. The van der Waals surface area contributed by atoms with Crippen LogP contribution >= 0.6 is 11.6 Å². The van der Waals surface area contributed by atoms with Crippen LogP contribution in [0.5, 0.6) is 0 Å². The summed E-state index contributed by atoms with van der Waals surface area (Å²) in [7, 11) is 0. The number of carboxylic acids is 2. The predicted molar refractivity (Wildman–Crippen MR) is 139 cm³/mol. The molecule has 242 valence electrons. The van der Waals surface area contributed by atoms with Gasteiger partial charge >= 0.3 is 24.3 Å². The standard InChI is InChI=1S/C22H23ClF2N4O.2C2HF3O2/c1-15(16-6-2-3-7-17(16)23)26-21(30)20-18-8-4-5-11-29(18)19(27-20)14-28-12-9-22(24,25)10-13-28;2*3-2(4,5)1(6)7/h2-8,11,15H,9-10,12-14H2,1H3,(H,26,30);2*(H,6,7). The van der Waals surface area contributed by atoms with Crippen LogP contribution in [0.4, 0.5) is 35.1 Å². The highest BCUT2D eigenvalue weighted by atomic mass is 35.5. The van der Waals surface area contributed by atoms with Gasteiger partial charge in [0.25, 0.3) is 11.8 Å². The summed E-state index contributed by atoms with van der Waals surface area (Å²) >= 11 is 6.25. The largest absolute Gasteiger partial charge is 0.490 e. The molecule has 3 heterocycles. The Morgan fingerprint density at radius 2 is 1.45 bits per heavy atom. The topological polar surface area (TPSA) is 124 Å². The van der Waals surface area contributed by atoms with E-state index < -0.39 is 30.2 Å². The summed E-state index contributed by atoms with van der Waals surface area (Å²) in [6.07, 6.45) is -8.64. The normalized spacial score (nSPS) is 15.7. The molecule has 1 aromatic carbocycles. The molecule has 3 aromatic rings. The number of carbonyl (C=O) groups excluding carboxylic acids is 1. The third-order valence-electron chi connectivity index (χ3n) is 5.99. The van der Waals surface area contributed by atoms with Gasteiger partial charge in [0, 0.05) is 37.2 Å². The van der Waals surface area contributed by atoms with Gasteiger partial charge in [-0.25, -0.2) is 23.4 Å². The Bertz CT molecular complexity index is 1430. The zero-order valence-electron chi connectivity index (χ0n) is 22.6. The number of hydrogen-bond donors (Lipinski definition) is 3. The Morgan fingerprint density at radius 3 is 1.95 bits per heavy atom. The van der Waals surface area contributed by atoms with Crippen molar-refractivity contribution in [1.29, 1.82) is 0 Å². The number of carboxylic acid groups (broad SMARTS) is 2. The van der Waals surface area contributed by atoms with E-state index in [0.29, 0.717) is 41.7 Å². The maximum Gasteiger partial charge on any atom is 0.490 e. The number of hydrogen-bond acceptors (Lipinski definition) is 5. The van der Waals surface area contributed by atoms with Gasteiger partial charge in [0.05, 0.1) is 18.1 Å². The van der Waals surface area contributed by atoms with Crippen molar-refractivity contribution in [3.8, 4) is 0 Å². The van der Waals surface area contributed by atoms with Crippen molar-refractivity contribution in [1.82, 2.24) is 19.6 Å². The van der Waals surface area contributed by atoms with Crippen molar-refractivity contribution in [2.45, 2.75) is 50.6 Å². The van der Waals surface area contributed by atoms with Gasteiger partial charge in [0.15, 0.2) is 5.69 Å². The second-order valence-electron chi connectivity index (χ2n) is 9.29. The van der Waals surface area contributed by atoms with Gasteiger partial charge in [-0.3, -0.25) is 9.69 Å². The van der Waals surface area contributed by atoms with Crippen LogP contribution in [0.25, 0.3) is 5.52 Å². The van der Waals surface area contributed by atoms with Crippen LogP contribution in [0, 0.1) is 0 Å². The number of fused-ring (bicyclic) bond motifs is 1. The van der Waals surface area contributed by atoms with Gasteiger partial charge in [-0.1, -0.05) is 35.9 Å². The van der Waals surface area contributed by atoms with Crippen LogP contribution in [-0.2, 0) is 16.1 Å². The van der Waals surface area contributed by atoms with Crippen molar-refractivity contribution in [3.63, 3.8) is 0 Å². The zero-order chi connectivity index (χ0) is 33.5. The van der Waals surface area contributed by atoms with E-state index in [-0.39, 0.29) is 24.8 Å². The van der Waals surface area contributed by atoms with E-state index in [1.807, 2.05) is 58.8 Å². The van der Waals surface area contributed by atoms with Crippen molar-refractivity contribution in [2.24, 2.45) is 0 Å². The van der Waals surface area contributed by atoms with Gasteiger partial charge in [-0.05, 0) is 30.7 Å². The summed E-state index contributed by atoms with van der Waals surface area (Å²) in [6.45, 7) is 2.89. The summed E-state index contributed by atoms with van der Waals surface area (Å²) in [6, 6.07) is 12.6. The van der Waals surface area contributed by atoms with Gasteiger partial charge in [0.1, 0.15) is 5.82 Å². The molecule has 9 nitrogen and oxygen atoms in total. The number of benzene rings is 1. The molecule has 0 radical (unpaired) electrons. The fourth-order valence-electron chi connectivity index (χ4n) is 3.79. The summed E-state index contributed by atoms with van der Waals surface area (Å²) < 4.78 is 92.2. The molecule has 1 aliphatic rings. The number of nitrogens with zero attached hydrogens (tertiary/aromatic N) is 3. The van der Waals surface area contributed by atoms with Gasteiger partial charge in [-0.2, -0.15) is 26.3 Å². The molecule has 4 rings (SSSR count). The monoisotopic (exact) mass is 660 g/mol. The first-order valence-electron chi connectivity index (χ1n) is 12.4. The van der Waals surface area contributed by atoms with E-state index >= 15 is 0 Å². The number of imidazole rings is 1. The Balaban J connectivity index is 0.000000402. The molecule has 1 atom stereocenters. The quantitative estimate of drug-likeness (QED) is 0.288. The number of amides is 1. The lowest BCUT2D eigenvalue weighted by atomic mass is 10.1. The van der Waals surface area contributed by atoms with Crippen LogP contribution in [-0.4, -0.2) is 73.7 Å². The molecule has 1 amide bonds. The molecule has 1 unspecified atom stereocenters. The Morgan fingerprint density at radius 1 is 0.955 bits per heavy atom. The molecule has 0 spiro atoms. The average Bonchev–Trinajstić information content (AvgIpc) is 3.28. The number of pyridine rings is 1. The van der Waals surface area contributed by atoms with Gasteiger partial charge < -0.3 is 19.9 Å². The second-order valence-corrected chi connectivity index (χ2v) is 9.69. The second kappa shape index (κ2) is 14.7. The molecule has 1 saturated heterocycles. The highest BCUT2D eigenvalue weighted by molar-refractivity contribution is 6.31. The summed E-state index contributed by atoms with van der Waals surface area (Å²) in [5, 5.41) is 17.8. The molecule has 0 aliphatic carbocycles. The number of piperidine rings is 1. The highest BCUT2D eigenvalue weighted by Crippen LogP contribution is 2.29. The molecule has 1 aliphatic heterocycles. The van der Waals surface area contributed by atoms with Crippen LogP contribution in [0.2, 0.25) is 5.02 Å². The number of alkyl halides is 8. The van der Waals surface area contributed by atoms with E-state index in [1.54, 1.807) is 6.07 Å². The molecule has 0 bridgehead atoms. The van der Waals surface area contributed by atoms with Gasteiger partial charge in [-0.15, -0.1) is 0 Å². The van der Waals surface area contributed by atoms with E-state index in [0.717, 1.165) is 5.56 Å². The lowest BCUT2D eigenvalue weighted by Crippen LogP contribution is -2.39. The van der Waals surface area contributed by atoms with Crippen molar-refractivity contribution >= 4 is 35.0 Å². The maximum atomic E-state index is 13.5. The number of likely N-dealkylation sites (tertiary alicyclic amines) is 1. The number of nitrogens with one attached hydrogen (secondary N) is 1. The van der Waals surface area contributed by atoms with Crippen molar-refractivity contribution in [3.05, 3.63) is 70.8 Å². The number of aromatic nitrogens is 2. The molecule has 2 aromatic heterocycles. The van der Waals surface area contributed by atoms with E-state index in [4.69, 9.17) is 31.4 Å². The Labute approximate surface area is 249 Å². The first-order valence-corrected chi connectivity index (χ1v) is 12.8. The van der Waals surface area contributed by atoms with Crippen LogP contribution in [0.1, 0.15) is 47.7 Å². The molecular weight excluding hydrogens is 636 g/mol. The first kappa shape index (κ1) is 36.2. The van der Waals surface area contributed by atoms with Crippen LogP contribution < -0.4 is 5.32 Å². The van der Waals surface area contributed by atoms with E-state index in [2.05, 4.69) is 10.3 Å². The number of carbonyl (C=O) groups is 3. The SMILES string of the molecule is CC(NC(=O)c1nc(CN2CCC(F)(F)CC2)n2ccccc12)c1ccccc1Cl.O=C(O)C(F)(F)F.O=C(O)C(F)(F)F. The number of halogens is 9. The predicted octanol–water partition coefficient (Wildman–Crippen LogP) is 5.98. The minimum Gasteiger partial charge on any atom is -0.475 e. The third kappa shape index (κ3) is 10.6. The fraction of sp³-hybridized carbons (Fsp3) is 0.385. The Hall–Kier alpha value is -3.99. The maximum absolute atomic E-state index is 13.5. The molecular formula is C26H25ClF8N4O5. The lowest BCUT2D eigenvalue weighted by Gasteiger charge is -2.31. The lowest BCUT2D eigenvalue weighted by molar-refractivity contribution is -0.193.